The third kappa shape index (κ3) is 3.51. The van der Waals surface area contributed by atoms with Crippen molar-refractivity contribution in [3.8, 4) is 17.2 Å². The first-order valence-corrected chi connectivity index (χ1v) is 10.1. The largest absolute Gasteiger partial charge is 0.247 e. The van der Waals surface area contributed by atoms with E-state index in [9.17, 15) is 8.78 Å². The van der Waals surface area contributed by atoms with Gasteiger partial charge in [0.2, 0.25) is 0 Å². The summed E-state index contributed by atoms with van der Waals surface area (Å²) in [6, 6.07) is 15.6. The summed E-state index contributed by atoms with van der Waals surface area (Å²) >= 11 is 0. The molecule has 0 saturated carbocycles. The lowest BCUT2D eigenvalue weighted by Crippen LogP contribution is -2.29. The van der Waals surface area contributed by atoms with E-state index >= 15 is 4.39 Å². The van der Waals surface area contributed by atoms with Crippen molar-refractivity contribution in [2.24, 2.45) is 5.92 Å². The Hall–Kier alpha value is -2.80. The van der Waals surface area contributed by atoms with Crippen LogP contribution in [0.3, 0.4) is 0 Å². The molecule has 1 nitrogen and oxygen atoms in total. The molecule has 1 aliphatic carbocycles. The van der Waals surface area contributed by atoms with E-state index in [1.165, 1.54) is 12.1 Å². The highest BCUT2D eigenvalue weighted by molar-refractivity contribution is 5.91. The Bertz CT molecular complexity index is 1100. The summed E-state index contributed by atoms with van der Waals surface area (Å²) in [7, 11) is 0. The Morgan fingerprint density at radius 1 is 1.03 bits per heavy atom. The molecular formula is C25H22F3N. The van der Waals surface area contributed by atoms with Crippen molar-refractivity contribution in [3.05, 3.63) is 71.0 Å². The van der Waals surface area contributed by atoms with Crippen LogP contribution in [0.15, 0.2) is 48.5 Å². The first-order chi connectivity index (χ1) is 14.0. The molecule has 148 valence electrons. The van der Waals surface area contributed by atoms with Gasteiger partial charge >= 0.3 is 0 Å². The number of benzene rings is 3. The van der Waals surface area contributed by atoms with E-state index in [1.54, 1.807) is 12.1 Å². The molecule has 0 saturated heterocycles. The van der Waals surface area contributed by atoms with Crippen LogP contribution >= 0.6 is 0 Å². The highest BCUT2D eigenvalue weighted by Gasteiger charge is 2.37. The van der Waals surface area contributed by atoms with Crippen LogP contribution in [-0.4, -0.2) is 6.17 Å². The number of hydrogen-bond donors (Lipinski definition) is 0. The number of nitrogens with zero attached hydrogens (tertiary/aromatic N) is 1. The molecule has 0 radical (unpaired) electrons. The van der Waals surface area contributed by atoms with Crippen molar-refractivity contribution < 1.29 is 13.2 Å². The number of unbranched alkanes of at least 4 members (excludes halogenated alkanes) is 1. The number of halogens is 3. The van der Waals surface area contributed by atoms with Crippen LogP contribution in [0.1, 0.15) is 49.0 Å². The van der Waals surface area contributed by atoms with Gasteiger partial charge in [-0.2, -0.15) is 5.26 Å². The molecule has 0 aromatic heterocycles. The van der Waals surface area contributed by atoms with Crippen LogP contribution in [0.2, 0.25) is 0 Å². The van der Waals surface area contributed by atoms with Crippen molar-refractivity contribution in [1.29, 1.82) is 5.26 Å². The first kappa shape index (κ1) is 19.5. The van der Waals surface area contributed by atoms with Gasteiger partial charge < -0.3 is 0 Å². The summed E-state index contributed by atoms with van der Waals surface area (Å²) in [5, 5.41) is 10.6. The average Bonchev–Trinajstić information content (AvgIpc) is 2.73. The van der Waals surface area contributed by atoms with Gasteiger partial charge in [-0.3, -0.25) is 0 Å². The topological polar surface area (TPSA) is 23.8 Å². The van der Waals surface area contributed by atoms with Gasteiger partial charge in [0.15, 0.2) is 0 Å². The normalized spacial score (nSPS) is 21.0. The van der Waals surface area contributed by atoms with E-state index in [2.05, 4.69) is 0 Å². The minimum Gasteiger partial charge on any atom is -0.247 e. The molecule has 4 rings (SSSR count). The predicted octanol–water partition coefficient (Wildman–Crippen LogP) is 7.23. The minimum absolute atomic E-state index is 0.00390. The Morgan fingerprint density at radius 3 is 2.52 bits per heavy atom. The monoisotopic (exact) mass is 393 g/mol. The lowest BCUT2D eigenvalue weighted by atomic mass is 9.77. The summed E-state index contributed by atoms with van der Waals surface area (Å²) in [6.07, 6.45) is 0.100. The maximum atomic E-state index is 15.1. The van der Waals surface area contributed by atoms with E-state index in [-0.39, 0.29) is 12.0 Å². The maximum Gasteiger partial charge on any atom is 0.141 e. The highest BCUT2D eigenvalue weighted by Crippen LogP contribution is 2.44. The van der Waals surface area contributed by atoms with Crippen molar-refractivity contribution in [1.82, 2.24) is 0 Å². The Balaban J connectivity index is 1.74. The number of alkyl halides is 2. The molecule has 4 heteroatoms. The quantitative estimate of drug-likeness (QED) is 0.459. The molecular weight excluding hydrogens is 371 g/mol. The third-order valence-electron chi connectivity index (χ3n) is 6.02. The van der Waals surface area contributed by atoms with Gasteiger partial charge in [-0.25, -0.2) is 13.2 Å². The van der Waals surface area contributed by atoms with Crippen LogP contribution in [0.4, 0.5) is 13.2 Å². The lowest BCUT2D eigenvalue weighted by molar-refractivity contribution is 0.101. The second-order valence-corrected chi connectivity index (χ2v) is 7.80. The van der Waals surface area contributed by atoms with E-state index in [1.807, 2.05) is 37.3 Å². The average molecular weight is 393 g/mol. The SMILES string of the molecule is CCCCC1C(F)Cc2c(ccc3cc(-c4ccc(C#N)c(F)c4)ccc23)C1F. The molecule has 0 N–H and O–H groups in total. The lowest BCUT2D eigenvalue weighted by Gasteiger charge is -2.32. The molecule has 1 aliphatic rings. The fourth-order valence-electron chi connectivity index (χ4n) is 4.39. The van der Waals surface area contributed by atoms with Crippen molar-refractivity contribution >= 4 is 10.8 Å². The second kappa shape index (κ2) is 7.91. The fourth-order valence-corrected chi connectivity index (χ4v) is 4.39. The van der Waals surface area contributed by atoms with Crippen LogP contribution < -0.4 is 0 Å². The number of nitriles is 1. The third-order valence-corrected chi connectivity index (χ3v) is 6.02. The molecule has 3 aromatic rings. The molecule has 0 spiro atoms. The van der Waals surface area contributed by atoms with Crippen molar-refractivity contribution in [3.63, 3.8) is 0 Å². The van der Waals surface area contributed by atoms with Gasteiger partial charge in [0, 0.05) is 12.3 Å². The van der Waals surface area contributed by atoms with Gasteiger partial charge in [-0.1, -0.05) is 50.1 Å². The zero-order valence-corrected chi connectivity index (χ0v) is 16.3. The van der Waals surface area contributed by atoms with Gasteiger partial charge in [-0.15, -0.1) is 0 Å². The Morgan fingerprint density at radius 2 is 1.79 bits per heavy atom. The van der Waals surface area contributed by atoms with Gasteiger partial charge in [0.25, 0.3) is 0 Å². The van der Waals surface area contributed by atoms with Gasteiger partial charge in [0.05, 0.1) is 5.56 Å². The molecule has 3 aromatic carbocycles. The first-order valence-electron chi connectivity index (χ1n) is 10.1. The zero-order chi connectivity index (χ0) is 20.5. The van der Waals surface area contributed by atoms with E-state index in [0.717, 1.165) is 34.7 Å². The maximum absolute atomic E-state index is 15.1. The molecule has 0 heterocycles. The summed E-state index contributed by atoms with van der Waals surface area (Å²) < 4.78 is 43.9. The summed E-state index contributed by atoms with van der Waals surface area (Å²) in [6.45, 7) is 2.03. The molecule has 0 amide bonds. The predicted molar refractivity (Wildman–Crippen MR) is 110 cm³/mol. The molecule has 0 fully saturated rings. The van der Waals surface area contributed by atoms with Gasteiger partial charge in [0.1, 0.15) is 24.2 Å². The van der Waals surface area contributed by atoms with Crippen molar-refractivity contribution in [2.75, 3.05) is 0 Å². The fraction of sp³-hybridized carbons (Fsp3) is 0.320. The zero-order valence-electron chi connectivity index (χ0n) is 16.3. The van der Waals surface area contributed by atoms with Gasteiger partial charge in [-0.05, 0) is 57.6 Å². The molecule has 3 atom stereocenters. The van der Waals surface area contributed by atoms with E-state index in [4.69, 9.17) is 5.26 Å². The van der Waals surface area contributed by atoms with Crippen LogP contribution in [0, 0.1) is 23.1 Å². The Labute approximate surface area is 168 Å². The van der Waals surface area contributed by atoms with E-state index < -0.39 is 24.1 Å². The molecule has 29 heavy (non-hydrogen) atoms. The van der Waals surface area contributed by atoms with Crippen molar-refractivity contribution in [2.45, 2.75) is 45.0 Å². The second-order valence-electron chi connectivity index (χ2n) is 7.80. The molecule has 0 aliphatic heterocycles. The Kier molecular flexibility index (Phi) is 5.32. The summed E-state index contributed by atoms with van der Waals surface area (Å²) in [4.78, 5) is 0. The standard InChI is InChI=1S/C25H22F3N/c1-2-3-4-21-24(27)13-22-19-9-7-15(11-17(19)8-10-20(22)25(21)28)16-5-6-18(14-29)23(26)12-16/h5-12,21,24-25H,2-4,13H2,1H3. The smallest absolute Gasteiger partial charge is 0.141 e. The minimum atomic E-state index is -1.28. The summed E-state index contributed by atoms with van der Waals surface area (Å²) in [5.74, 6) is -1.13. The summed E-state index contributed by atoms with van der Waals surface area (Å²) in [5.41, 5.74) is 2.81. The van der Waals surface area contributed by atoms with Crippen LogP contribution in [0.25, 0.3) is 21.9 Å². The molecule has 0 bridgehead atoms. The number of fused-ring (bicyclic) bond motifs is 3. The van der Waals surface area contributed by atoms with Crippen LogP contribution in [-0.2, 0) is 6.42 Å². The highest BCUT2D eigenvalue weighted by atomic mass is 19.1. The number of hydrogen-bond acceptors (Lipinski definition) is 1. The van der Waals surface area contributed by atoms with Crippen LogP contribution in [0.5, 0.6) is 0 Å². The number of rotatable bonds is 4. The molecule has 3 unspecified atom stereocenters. The van der Waals surface area contributed by atoms with E-state index in [0.29, 0.717) is 17.5 Å².